The molecule has 0 saturated heterocycles. The number of phenolic OH excluding ortho intramolecular Hbond substituents is 1. The fraction of sp³-hybridized carbons (Fsp3) is 0.522. The molecule has 0 aliphatic heterocycles. The second-order valence-electron chi connectivity index (χ2n) is 8.82. The number of aromatic hydroxyl groups is 1. The van der Waals surface area contributed by atoms with Gasteiger partial charge in [-0.15, -0.1) is 0 Å². The van der Waals surface area contributed by atoms with Crippen molar-refractivity contribution in [3.05, 3.63) is 29.8 Å². The minimum absolute atomic E-state index is 0.0137. The van der Waals surface area contributed by atoms with Crippen LogP contribution >= 0.6 is 0 Å². The zero-order chi connectivity index (χ0) is 26.7. The highest BCUT2D eigenvalue weighted by atomic mass is 16.4. The van der Waals surface area contributed by atoms with Crippen LogP contribution in [0.2, 0.25) is 0 Å². The molecule has 4 atom stereocenters. The van der Waals surface area contributed by atoms with Crippen molar-refractivity contribution in [2.75, 3.05) is 0 Å². The summed E-state index contributed by atoms with van der Waals surface area (Å²) in [5, 5.41) is 26.3. The molecule has 0 spiro atoms. The van der Waals surface area contributed by atoms with Crippen LogP contribution in [0.25, 0.3) is 0 Å². The van der Waals surface area contributed by atoms with Crippen molar-refractivity contribution in [2.45, 2.75) is 70.6 Å². The highest BCUT2D eigenvalue weighted by Crippen LogP contribution is 2.12. The molecule has 0 aromatic heterocycles. The van der Waals surface area contributed by atoms with Crippen LogP contribution in [0, 0.1) is 5.92 Å². The maximum absolute atomic E-state index is 13.1. The summed E-state index contributed by atoms with van der Waals surface area (Å²) in [5.74, 6) is -4.10. The van der Waals surface area contributed by atoms with E-state index in [9.17, 15) is 34.2 Å². The highest BCUT2D eigenvalue weighted by Gasteiger charge is 2.30. The molecule has 1 rings (SSSR count). The number of aliphatic carboxylic acids is 1. The molecule has 0 saturated carbocycles. The molecule has 0 bridgehead atoms. The highest BCUT2D eigenvalue weighted by molar-refractivity contribution is 5.94. The number of carbonyl (C=O) groups is 5. The number of nitrogens with two attached hydrogens (primary N) is 2. The largest absolute Gasteiger partial charge is 0.508 e. The van der Waals surface area contributed by atoms with Crippen molar-refractivity contribution < 1.29 is 34.2 Å². The molecule has 0 fully saturated rings. The first-order valence-electron chi connectivity index (χ1n) is 11.3. The Labute approximate surface area is 203 Å². The monoisotopic (exact) mass is 493 g/mol. The standard InChI is InChI=1S/C23H35N5O7/c1-12(2)10-18(23(34)35)28-21(32)16(8-9-19(25)30)26-22(33)17(27-20(31)13(3)24)11-14-4-6-15(29)7-5-14/h4-7,12-13,16-18,29H,8-11,24H2,1-3H3,(H2,25,30)(H,26,33)(H,27,31)(H,28,32)(H,34,35). The van der Waals surface area contributed by atoms with E-state index in [-0.39, 0.29) is 37.4 Å². The summed E-state index contributed by atoms with van der Waals surface area (Å²) in [4.78, 5) is 61.0. The molecule has 194 valence electrons. The third-order valence-electron chi connectivity index (χ3n) is 5.06. The van der Waals surface area contributed by atoms with E-state index in [0.717, 1.165) is 0 Å². The van der Waals surface area contributed by atoms with Crippen LogP contribution in [0.4, 0.5) is 0 Å². The summed E-state index contributed by atoms with van der Waals surface area (Å²) in [6, 6.07) is 1.44. The molecule has 4 unspecified atom stereocenters. The molecule has 0 radical (unpaired) electrons. The van der Waals surface area contributed by atoms with Crippen LogP contribution in [0.5, 0.6) is 5.75 Å². The number of carboxylic acid groups (broad SMARTS) is 1. The van der Waals surface area contributed by atoms with E-state index in [1.54, 1.807) is 26.0 Å². The summed E-state index contributed by atoms with van der Waals surface area (Å²) in [5.41, 5.74) is 11.4. The van der Waals surface area contributed by atoms with Gasteiger partial charge in [-0.3, -0.25) is 19.2 Å². The maximum Gasteiger partial charge on any atom is 0.326 e. The predicted octanol–water partition coefficient (Wildman–Crippen LogP) is -0.867. The molecule has 0 aliphatic rings. The lowest BCUT2D eigenvalue weighted by Gasteiger charge is -2.25. The minimum Gasteiger partial charge on any atom is -0.508 e. The third-order valence-corrected chi connectivity index (χ3v) is 5.06. The molecule has 1 aromatic rings. The fourth-order valence-corrected chi connectivity index (χ4v) is 3.17. The maximum atomic E-state index is 13.1. The van der Waals surface area contributed by atoms with Gasteiger partial charge in [0.15, 0.2) is 0 Å². The summed E-state index contributed by atoms with van der Waals surface area (Å²) in [7, 11) is 0. The van der Waals surface area contributed by atoms with Gasteiger partial charge in [-0.25, -0.2) is 4.79 Å². The number of hydrogen-bond donors (Lipinski definition) is 7. The first-order valence-corrected chi connectivity index (χ1v) is 11.3. The normalized spacial score (nSPS) is 14.3. The molecule has 0 aliphatic carbocycles. The van der Waals surface area contributed by atoms with Crippen molar-refractivity contribution in [1.29, 1.82) is 0 Å². The molecular formula is C23H35N5O7. The van der Waals surface area contributed by atoms with Crippen LogP contribution in [0.15, 0.2) is 24.3 Å². The number of carboxylic acids is 1. The van der Waals surface area contributed by atoms with Gasteiger partial charge in [-0.2, -0.15) is 0 Å². The zero-order valence-electron chi connectivity index (χ0n) is 20.1. The number of benzene rings is 1. The lowest BCUT2D eigenvalue weighted by Crippen LogP contribution is -2.57. The Kier molecular flexibility index (Phi) is 11.7. The van der Waals surface area contributed by atoms with Crippen molar-refractivity contribution in [1.82, 2.24) is 16.0 Å². The number of rotatable bonds is 14. The Bertz CT molecular complexity index is 902. The topological polar surface area (TPSA) is 214 Å². The quantitative estimate of drug-likeness (QED) is 0.172. The van der Waals surface area contributed by atoms with Crippen molar-refractivity contribution in [3.63, 3.8) is 0 Å². The van der Waals surface area contributed by atoms with E-state index >= 15 is 0 Å². The number of hydrogen-bond acceptors (Lipinski definition) is 7. The zero-order valence-corrected chi connectivity index (χ0v) is 20.1. The summed E-state index contributed by atoms with van der Waals surface area (Å²) in [6.07, 6.45) is -0.242. The first kappa shape index (κ1) is 29.4. The van der Waals surface area contributed by atoms with Crippen molar-refractivity contribution >= 4 is 29.6 Å². The number of amides is 4. The van der Waals surface area contributed by atoms with Crippen LogP contribution in [0.1, 0.15) is 45.6 Å². The Hall–Kier alpha value is -3.67. The van der Waals surface area contributed by atoms with E-state index in [1.807, 2.05) is 0 Å². The van der Waals surface area contributed by atoms with Gasteiger partial charge in [0.25, 0.3) is 0 Å². The fourth-order valence-electron chi connectivity index (χ4n) is 3.17. The minimum atomic E-state index is -1.28. The lowest BCUT2D eigenvalue weighted by molar-refractivity contribution is -0.143. The molecule has 35 heavy (non-hydrogen) atoms. The smallest absolute Gasteiger partial charge is 0.326 e. The summed E-state index contributed by atoms with van der Waals surface area (Å²) in [6.45, 7) is 5.03. The second kappa shape index (κ2) is 13.9. The Morgan fingerprint density at radius 2 is 1.37 bits per heavy atom. The third kappa shape index (κ3) is 10.9. The van der Waals surface area contributed by atoms with Crippen molar-refractivity contribution in [3.8, 4) is 5.75 Å². The van der Waals surface area contributed by atoms with Crippen LogP contribution in [-0.4, -0.2) is 64.0 Å². The van der Waals surface area contributed by atoms with E-state index in [4.69, 9.17) is 11.5 Å². The molecule has 9 N–H and O–H groups in total. The van der Waals surface area contributed by atoms with Gasteiger partial charge in [-0.1, -0.05) is 26.0 Å². The van der Waals surface area contributed by atoms with Crippen LogP contribution in [0.3, 0.4) is 0 Å². The van der Waals surface area contributed by atoms with Crippen molar-refractivity contribution in [2.24, 2.45) is 17.4 Å². The Balaban J connectivity index is 3.11. The summed E-state index contributed by atoms with van der Waals surface area (Å²) < 4.78 is 0. The molecule has 0 heterocycles. The Morgan fingerprint density at radius 3 is 1.86 bits per heavy atom. The predicted molar refractivity (Wildman–Crippen MR) is 127 cm³/mol. The molecule has 12 heteroatoms. The average molecular weight is 494 g/mol. The SMILES string of the molecule is CC(C)CC(NC(=O)C(CCC(N)=O)NC(=O)C(Cc1ccc(O)cc1)NC(=O)C(C)N)C(=O)O. The van der Waals surface area contributed by atoms with Gasteiger partial charge >= 0.3 is 5.97 Å². The van der Waals surface area contributed by atoms with Gasteiger partial charge in [0.2, 0.25) is 23.6 Å². The summed E-state index contributed by atoms with van der Waals surface area (Å²) >= 11 is 0. The number of phenols is 1. The number of nitrogens with one attached hydrogen (secondary N) is 3. The number of primary amides is 1. The molecule has 12 nitrogen and oxygen atoms in total. The van der Waals surface area contributed by atoms with Gasteiger partial charge < -0.3 is 37.6 Å². The second-order valence-corrected chi connectivity index (χ2v) is 8.82. The lowest BCUT2D eigenvalue weighted by atomic mass is 10.0. The van der Waals surface area contributed by atoms with E-state index in [0.29, 0.717) is 5.56 Å². The van der Waals surface area contributed by atoms with Gasteiger partial charge in [0.1, 0.15) is 23.9 Å². The first-order chi connectivity index (χ1) is 16.3. The number of carbonyl (C=O) groups excluding carboxylic acids is 4. The molecule has 4 amide bonds. The van der Waals surface area contributed by atoms with Crippen LogP contribution < -0.4 is 27.4 Å². The van der Waals surface area contributed by atoms with Gasteiger partial charge in [0, 0.05) is 12.8 Å². The van der Waals surface area contributed by atoms with Gasteiger partial charge in [0.05, 0.1) is 6.04 Å². The van der Waals surface area contributed by atoms with Gasteiger partial charge in [-0.05, 0) is 43.4 Å². The van der Waals surface area contributed by atoms with E-state index < -0.39 is 53.8 Å². The molecule has 1 aromatic carbocycles. The average Bonchev–Trinajstić information content (AvgIpc) is 2.76. The molecular weight excluding hydrogens is 458 g/mol. The van der Waals surface area contributed by atoms with E-state index in [1.165, 1.54) is 19.1 Å². The van der Waals surface area contributed by atoms with Crippen LogP contribution in [-0.2, 0) is 30.4 Å². The van der Waals surface area contributed by atoms with E-state index in [2.05, 4.69) is 16.0 Å². The Morgan fingerprint density at radius 1 is 0.857 bits per heavy atom.